The van der Waals surface area contributed by atoms with Gasteiger partial charge in [-0.05, 0) is 60.2 Å². The zero-order chi connectivity index (χ0) is 22.4. The van der Waals surface area contributed by atoms with E-state index in [2.05, 4.69) is 12.6 Å². The second kappa shape index (κ2) is 9.82. The Morgan fingerprint density at radius 2 is 1.97 bits per heavy atom. The van der Waals surface area contributed by atoms with Crippen LogP contribution in [0.25, 0.3) is 16.7 Å². The maximum absolute atomic E-state index is 11.5. The Balaban J connectivity index is 2.06. The molecule has 1 saturated carbocycles. The standard InChI is InChI=1S/C26H25NO4/c1-3-23(28)22(26(29)30)13-17(2)20-14-21(16-27)25(19-7-5-4-6-8-19)24(15-20)31-12-11-18-9-10-18/h3-8,13-15,18,28H,2,9-12H2,1H3,(H,29,30)/b22-13+,23-3+. The van der Waals surface area contributed by atoms with Crippen LogP contribution < -0.4 is 4.74 Å². The molecular formula is C26H25NO4. The van der Waals surface area contributed by atoms with Crippen molar-refractivity contribution in [2.24, 2.45) is 5.92 Å². The van der Waals surface area contributed by atoms with Gasteiger partial charge in [-0.1, -0.05) is 49.8 Å². The lowest BCUT2D eigenvalue weighted by atomic mass is 9.94. The van der Waals surface area contributed by atoms with E-state index in [-0.39, 0.29) is 11.3 Å². The van der Waals surface area contributed by atoms with Gasteiger partial charge in [0.25, 0.3) is 0 Å². The predicted octanol–water partition coefficient (Wildman–Crippen LogP) is 5.89. The van der Waals surface area contributed by atoms with Crippen LogP contribution in [0, 0.1) is 17.2 Å². The molecule has 2 N–H and O–H groups in total. The Labute approximate surface area is 182 Å². The number of carboxylic acids is 1. The van der Waals surface area contributed by atoms with Crippen LogP contribution >= 0.6 is 0 Å². The number of hydrogen-bond acceptors (Lipinski definition) is 4. The van der Waals surface area contributed by atoms with Crippen LogP contribution in [0.2, 0.25) is 0 Å². The summed E-state index contributed by atoms with van der Waals surface area (Å²) in [4.78, 5) is 11.5. The normalized spacial score (nSPS) is 14.1. The van der Waals surface area contributed by atoms with Crippen molar-refractivity contribution in [3.63, 3.8) is 0 Å². The van der Waals surface area contributed by atoms with Crippen molar-refractivity contribution >= 4 is 11.5 Å². The van der Waals surface area contributed by atoms with Gasteiger partial charge in [0, 0.05) is 5.56 Å². The highest BCUT2D eigenvalue weighted by atomic mass is 16.5. The number of nitrogens with zero attached hydrogens (tertiary/aromatic N) is 1. The molecule has 1 aliphatic rings. The number of hydrogen-bond donors (Lipinski definition) is 2. The third-order valence-electron chi connectivity index (χ3n) is 5.23. The van der Waals surface area contributed by atoms with E-state index in [1.807, 2.05) is 30.3 Å². The summed E-state index contributed by atoms with van der Waals surface area (Å²) in [6.45, 7) is 6.05. The van der Waals surface area contributed by atoms with Gasteiger partial charge < -0.3 is 14.9 Å². The number of carboxylic acid groups (broad SMARTS) is 1. The zero-order valence-electron chi connectivity index (χ0n) is 17.5. The molecule has 0 amide bonds. The highest BCUT2D eigenvalue weighted by molar-refractivity contribution is 5.95. The monoisotopic (exact) mass is 415 g/mol. The molecule has 0 saturated heterocycles. The van der Waals surface area contributed by atoms with Gasteiger partial charge in [0.15, 0.2) is 0 Å². The molecule has 5 heteroatoms. The van der Waals surface area contributed by atoms with Crippen LogP contribution in [0.5, 0.6) is 5.75 Å². The van der Waals surface area contributed by atoms with E-state index >= 15 is 0 Å². The maximum atomic E-state index is 11.5. The Morgan fingerprint density at radius 1 is 1.26 bits per heavy atom. The lowest BCUT2D eigenvalue weighted by Gasteiger charge is -2.16. The lowest BCUT2D eigenvalue weighted by molar-refractivity contribution is -0.132. The molecule has 2 aromatic carbocycles. The average molecular weight is 415 g/mol. The molecule has 158 valence electrons. The van der Waals surface area contributed by atoms with Gasteiger partial charge in [-0.2, -0.15) is 5.26 Å². The quantitative estimate of drug-likeness (QED) is 0.303. The number of allylic oxidation sites excluding steroid dienone is 3. The molecule has 1 aliphatic carbocycles. The van der Waals surface area contributed by atoms with E-state index in [1.165, 1.54) is 25.0 Å². The first-order chi connectivity index (χ1) is 14.9. The molecule has 0 spiro atoms. The number of aliphatic carboxylic acids is 1. The third-order valence-corrected chi connectivity index (χ3v) is 5.23. The average Bonchev–Trinajstić information content (AvgIpc) is 3.61. The molecule has 5 nitrogen and oxygen atoms in total. The molecule has 0 aromatic heterocycles. The summed E-state index contributed by atoms with van der Waals surface area (Å²) in [5, 5.41) is 29.1. The van der Waals surface area contributed by atoms with Gasteiger partial charge in [-0.15, -0.1) is 0 Å². The van der Waals surface area contributed by atoms with Crippen molar-refractivity contribution < 1.29 is 19.7 Å². The molecule has 3 rings (SSSR count). The SMILES string of the molecule is C=C(/C=C(C(=O)O)\C(O)=C/C)c1cc(C#N)c(-c2ccccc2)c(OCCC2CC2)c1. The van der Waals surface area contributed by atoms with Gasteiger partial charge in [0.05, 0.1) is 18.2 Å². The first-order valence-electron chi connectivity index (χ1n) is 10.2. The molecular weight excluding hydrogens is 390 g/mol. The van der Waals surface area contributed by atoms with Crippen molar-refractivity contribution in [3.05, 3.63) is 83.7 Å². The Hall–Kier alpha value is -3.78. The summed E-state index contributed by atoms with van der Waals surface area (Å²) in [6.07, 6.45) is 6.02. The van der Waals surface area contributed by atoms with Gasteiger partial charge in [0.2, 0.25) is 0 Å². The largest absolute Gasteiger partial charge is 0.507 e. The summed E-state index contributed by atoms with van der Waals surface area (Å²) < 4.78 is 6.11. The molecule has 0 radical (unpaired) electrons. The van der Waals surface area contributed by atoms with Crippen molar-refractivity contribution in [2.45, 2.75) is 26.2 Å². The molecule has 0 atom stereocenters. The van der Waals surface area contributed by atoms with Crippen LogP contribution in [0.4, 0.5) is 0 Å². The van der Waals surface area contributed by atoms with Crippen molar-refractivity contribution in [1.29, 1.82) is 5.26 Å². The molecule has 0 bridgehead atoms. The second-order valence-corrected chi connectivity index (χ2v) is 7.52. The molecule has 0 unspecified atom stereocenters. The first-order valence-corrected chi connectivity index (χ1v) is 10.2. The minimum absolute atomic E-state index is 0.269. The van der Waals surface area contributed by atoms with Gasteiger partial charge >= 0.3 is 5.97 Å². The third kappa shape index (κ3) is 5.43. The van der Waals surface area contributed by atoms with E-state index in [9.17, 15) is 20.3 Å². The Morgan fingerprint density at radius 3 is 2.55 bits per heavy atom. The number of carbonyl (C=O) groups is 1. The number of benzene rings is 2. The fourth-order valence-corrected chi connectivity index (χ4v) is 3.31. The van der Waals surface area contributed by atoms with Crippen molar-refractivity contribution in [1.82, 2.24) is 0 Å². The molecule has 0 heterocycles. The van der Waals surface area contributed by atoms with E-state index in [1.54, 1.807) is 19.1 Å². The molecule has 31 heavy (non-hydrogen) atoms. The second-order valence-electron chi connectivity index (χ2n) is 7.52. The molecule has 0 aliphatic heterocycles. The summed E-state index contributed by atoms with van der Waals surface area (Å²) in [5.41, 5.74) is 2.62. The molecule has 2 aromatic rings. The lowest BCUT2D eigenvalue weighted by Crippen LogP contribution is -2.04. The number of rotatable bonds is 9. The van der Waals surface area contributed by atoms with E-state index in [4.69, 9.17) is 4.74 Å². The maximum Gasteiger partial charge on any atom is 0.339 e. The van der Waals surface area contributed by atoms with Crippen LogP contribution in [0.15, 0.2) is 72.5 Å². The minimum atomic E-state index is -1.26. The predicted molar refractivity (Wildman–Crippen MR) is 121 cm³/mol. The first kappa shape index (κ1) is 21.9. The number of nitriles is 1. The number of aliphatic hydroxyl groups is 1. The fraction of sp³-hybridized carbons (Fsp3) is 0.231. The summed E-state index contributed by atoms with van der Waals surface area (Å²) >= 11 is 0. The van der Waals surface area contributed by atoms with Crippen LogP contribution in [-0.4, -0.2) is 22.8 Å². The van der Waals surface area contributed by atoms with E-state index in [0.29, 0.717) is 40.5 Å². The molecule has 1 fully saturated rings. The highest BCUT2D eigenvalue weighted by Crippen LogP contribution is 2.38. The van der Waals surface area contributed by atoms with Crippen molar-refractivity contribution in [3.8, 4) is 22.9 Å². The Kier molecular flexibility index (Phi) is 6.94. The van der Waals surface area contributed by atoms with Gasteiger partial charge in [-0.25, -0.2) is 4.79 Å². The summed E-state index contributed by atoms with van der Waals surface area (Å²) in [6, 6.07) is 15.2. The van der Waals surface area contributed by atoms with Crippen LogP contribution in [-0.2, 0) is 4.79 Å². The van der Waals surface area contributed by atoms with Crippen LogP contribution in [0.3, 0.4) is 0 Å². The van der Waals surface area contributed by atoms with Crippen molar-refractivity contribution in [2.75, 3.05) is 6.61 Å². The highest BCUT2D eigenvalue weighted by Gasteiger charge is 2.22. The van der Waals surface area contributed by atoms with E-state index in [0.717, 1.165) is 12.0 Å². The van der Waals surface area contributed by atoms with Crippen LogP contribution in [0.1, 0.15) is 37.3 Å². The van der Waals surface area contributed by atoms with Gasteiger partial charge in [-0.3, -0.25) is 0 Å². The fourth-order valence-electron chi connectivity index (χ4n) is 3.31. The van der Waals surface area contributed by atoms with E-state index < -0.39 is 5.97 Å². The summed E-state index contributed by atoms with van der Waals surface area (Å²) in [5.74, 6) is -0.351. The topological polar surface area (TPSA) is 90.5 Å². The number of aliphatic hydroxyl groups excluding tert-OH is 1. The smallest absolute Gasteiger partial charge is 0.339 e. The number of ether oxygens (including phenoxy) is 1. The zero-order valence-corrected chi connectivity index (χ0v) is 17.5. The minimum Gasteiger partial charge on any atom is -0.507 e. The Bertz CT molecular complexity index is 1090. The summed E-state index contributed by atoms with van der Waals surface area (Å²) in [7, 11) is 0. The van der Waals surface area contributed by atoms with Gasteiger partial charge in [0.1, 0.15) is 17.1 Å².